The van der Waals surface area contributed by atoms with Crippen molar-refractivity contribution in [3.05, 3.63) is 29.3 Å². The minimum Gasteiger partial charge on any atom is -0.493 e. The van der Waals surface area contributed by atoms with Crippen molar-refractivity contribution in [2.75, 3.05) is 6.61 Å². The molecule has 1 heteroatoms. The van der Waals surface area contributed by atoms with Crippen LogP contribution in [-0.4, -0.2) is 6.61 Å². The number of unbranched alkanes of at least 4 members (excludes halogenated alkanes) is 6. The number of ether oxygens (including phenoxy) is 1. The van der Waals surface area contributed by atoms with Gasteiger partial charge in [0.05, 0.1) is 6.61 Å². The van der Waals surface area contributed by atoms with Gasteiger partial charge in [0.1, 0.15) is 5.75 Å². The van der Waals surface area contributed by atoms with E-state index in [-0.39, 0.29) is 0 Å². The van der Waals surface area contributed by atoms with Gasteiger partial charge in [-0.1, -0.05) is 84.3 Å². The molecule has 0 atom stereocenters. The molecule has 1 aromatic carbocycles. The largest absolute Gasteiger partial charge is 0.493 e. The Hall–Kier alpha value is -0.980. The van der Waals surface area contributed by atoms with Crippen molar-refractivity contribution < 1.29 is 4.74 Å². The average Bonchev–Trinajstić information content (AvgIpc) is 2.73. The number of aryl methyl sites for hydroxylation is 1. The summed E-state index contributed by atoms with van der Waals surface area (Å²) in [6.45, 7) is 7.65. The molecular formula is C27H46O. The summed E-state index contributed by atoms with van der Waals surface area (Å²) in [4.78, 5) is 0. The Morgan fingerprint density at radius 3 is 2.21 bits per heavy atom. The van der Waals surface area contributed by atoms with Crippen molar-refractivity contribution in [2.45, 2.75) is 123 Å². The number of hydrogen-bond acceptors (Lipinski definition) is 1. The van der Waals surface area contributed by atoms with Crippen molar-refractivity contribution in [3.63, 3.8) is 0 Å². The molecule has 0 aliphatic heterocycles. The van der Waals surface area contributed by atoms with Gasteiger partial charge < -0.3 is 4.74 Å². The van der Waals surface area contributed by atoms with Crippen LogP contribution in [0.2, 0.25) is 0 Å². The van der Waals surface area contributed by atoms with Gasteiger partial charge >= 0.3 is 0 Å². The van der Waals surface area contributed by atoms with Gasteiger partial charge in [-0.3, -0.25) is 0 Å². The van der Waals surface area contributed by atoms with Gasteiger partial charge in [0, 0.05) is 0 Å². The van der Waals surface area contributed by atoms with Crippen molar-refractivity contribution in [3.8, 4) is 5.75 Å². The van der Waals surface area contributed by atoms with E-state index < -0.39 is 0 Å². The fourth-order valence-electron chi connectivity index (χ4n) is 4.79. The second-order valence-electron chi connectivity index (χ2n) is 9.10. The number of rotatable bonds is 14. The van der Waals surface area contributed by atoms with Crippen LogP contribution in [0.1, 0.15) is 128 Å². The lowest BCUT2D eigenvalue weighted by Gasteiger charge is -2.30. The van der Waals surface area contributed by atoms with E-state index in [1.165, 1.54) is 107 Å². The van der Waals surface area contributed by atoms with Gasteiger partial charge in [-0.15, -0.1) is 0 Å². The quantitative estimate of drug-likeness (QED) is 0.290. The first-order chi connectivity index (χ1) is 13.8. The van der Waals surface area contributed by atoms with E-state index in [4.69, 9.17) is 4.74 Å². The Kier molecular flexibility index (Phi) is 11.7. The molecule has 0 spiro atoms. The van der Waals surface area contributed by atoms with Gasteiger partial charge in [0.2, 0.25) is 0 Å². The van der Waals surface area contributed by atoms with Gasteiger partial charge in [-0.05, 0) is 74.0 Å². The van der Waals surface area contributed by atoms with Gasteiger partial charge in [0.15, 0.2) is 0 Å². The molecular weight excluding hydrogens is 340 g/mol. The summed E-state index contributed by atoms with van der Waals surface area (Å²) >= 11 is 0. The maximum Gasteiger partial charge on any atom is 0.122 e. The third kappa shape index (κ3) is 8.18. The average molecular weight is 387 g/mol. The second-order valence-corrected chi connectivity index (χ2v) is 9.10. The third-order valence-electron chi connectivity index (χ3n) is 6.61. The van der Waals surface area contributed by atoms with E-state index in [1.807, 2.05) is 0 Å². The Balaban J connectivity index is 1.94. The lowest BCUT2D eigenvalue weighted by molar-refractivity contribution is 0.284. The van der Waals surface area contributed by atoms with Crippen LogP contribution in [0, 0.1) is 5.92 Å². The molecule has 1 aliphatic rings. The molecule has 28 heavy (non-hydrogen) atoms. The number of hydrogen-bond donors (Lipinski definition) is 0. The highest BCUT2D eigenvalue weighted by molar-refractivity contribution is 5.40. The van der Waals surface area contributed by atoms with Gasteiger partial charge in [-0.2, -0.15) is 0 Å². The number of benzene rings is 1. The van der Waals surface area contributed by atoms with E-state index >= 15 is 0 Å². The first-order valence-electron chi connectivity index (χ1n) is 12.5. The van der Waals surface area contributed by atoms with E-state index in [2.05, 4.69) is 39.0 Å². The van der Waals surface area contributed by atoms with E-state index in [1.54, 1.807) is 0 Å². The van der Waals surface area contributed by atoms with Gasteiger partial charge in [-0.25, -0.2) is 0 Å². The van der Waals surface area contributed by atoms with Crippen molar-refractivity contribution in [2.24, 2.45) is 5.92 Å². The van der Waals surface area contributed by atoms with Crippen LogP contribution in [0.15, 0.2) is 18.2 Å². The predicted octanol–water partition coefficient (Wildman–Crippen LogP) is 8.84. The summed E-state index contributed by atoms with van der Waals surface area (Å²) in [6.07, 6.45) is 20.3. The first-order valence-corrected chi connectivity index (χ1v) is 12.5. The summed E-state index contributed by atoms with van der Waals surface area (Å²) in [5.74, 6) is 2.87. The molecule has 160 valence electrons. The van der Waals surface area contributed by atoms with Crippen molar-refractivity contribution in [1.82, 2.24) is 0 Å². The summed E-state index contributed by atoms with van der Waals surface area (Å²) in [7, 11) is 0. The van der Waals surface area contributed by atoms with Crippen molar-refractivity contribution in [1.29, 1.82) is 0 Å². The zero-order valence-corrected chi connectivity index (χ0v) is 19.1. The molecule has 0 bridgehead atoms. The smallest absolute Gasteiger partial charge is 0.122 e. The van der Waals surface area contributed by atoms with Crippen LogP contribution >= 0.6 is 0 Å². The lowest BCUT2D eigenvalue weighted by Crippen LogP contribution is -2.14. The fraction of sp³-hybridized carbons (Fsp3) is 0.778. The minimum atomic E-state index is 0.717. The first kappa shape index (κ1) is 23.3. The normalized spacial score (nSPS) is 19.7. The maximum absolute atomic E-state index is 6.16. The topological polar surface area (TPSA) is 9.23 Å². The Morgan fingerprint density at radius 2 is 1.50 bits per heavy atom. The molecule has 0 radical (unpaired) electrons. The molecule has 0 saturated heterocycles. The highest BCUT2D eigenvalue weighted by Crippen LogP contribution is 2.41. The molecule has 0 N–H and O–H groups in total. The second kappa shape index (κ2) is 14.1. The molecule has 1 nitrogen and oxygen atoms in total. The molecule has 2 rings (SSSR count). The summed E-state index contributed by atoms with van der Waals surface area (Å²) in [5.41, 5.74) is 3.05. The predicted molar refractivity (Wildman–Crippen MR) is 124 cm³/mol. The highest BCUT2D eigenvalue weighted by Gasteiger charge is 2.24. The molecule has 1 saturated carbocycles. The summed E-state index contributed by atoms with van der Waals surface area (Å²) < 4.78 is 6.16. The highest BCUT2D eigenvalue weighted by atomic mass is 16.5. The van der Waals surface area contributed by atoms with Gasteiger partial charge in [0.25, 0.3) is 0 Å². The van der Waals surface area contributed by atoms with E-state index in [0.29, 0.717) is 5.92 Å². The van der Waals surface area contributed by atoms with E-state index in [9.17, 15) is 0 Å². The Bertz CT molecular complexity index is 513. The molecule has 0 unspecified atom stereocenters. The molecule has 1 aromatic rings. The molecule has 0 amide bonds. The van der Waals surface area contributed by atoms with Crippen LogP contribution in [0.4, 0.5) is 0 Å². The Morgan fingerprint density at radius 1 is 0.786 bits per heavy atom. The summed E-state index contributed by atoms with van der Waals surface area (Å²) in [6, 6.07) is 7.11. The standard InChI is InChI=1S/C27H46O/c1-4-7-9-10-12-14-24-17-20-27(28-21-6-3)26(22-24)25-18-15-23(16-19-25)13-11-8-5-2/h17,20,22-23,25H,4-16,18-19,21H2,1-3H3. The van der Waals surface area contributed by atoms with E-state index in [0.717, 1.165) is 18.9 Å². The van der Waals surface area contributed by atoms with Crippen LogP contribution in [0.3, 0.4) is 0 Å². The molecule has 0 aromatic heterocycles. The van der Waals surface area contributed by atoms with Crippen LogP contribution in [-0.2, 0) is 6.42 Å². The summed E-state index contributed by atoms with van der Waals surface area (Å²) in [5, 5.41) is 0. The lowest BCUT2D eigenvalue weighted by atomic mass is 9.76. The fourth-order valence-corrected chi connectivity index (χ4v) is 4.79. The Labute approximate surface area is 175 Å². The SMILES string of the molecule is CCCCCCCc1ccc(OCCC)c(C2CCC(CCCCC)CC2)c1. The molecule has 0 heterocycles. The zero-order chi connectivity index (χ0) is 20.0. The van der Waals surface area contributed by atoms with Crippen molar-refractivity contribution >= 4 is 0 Å². The van der Waals surface area contributed by atoms with Crippen LogP contribution < -0.4 is 4.74 Å². The van der Waals surface area contributed by atoms with Crippen LogP contribution in [0.5, 0.6) is 5.75 Å². The van der Waals surface area contributed by atoms with Crippen LogP contribution in [0.25, 0.3) is 0 Å². The molecule has 1 fully saturated rings. The monoisotopic (exact) mass is 386 g/mol. The third-order valence-corrected chi connectivity index (χ3v) is 6.61. The minimum absolute atomic E-state index is 0.717. The zero-order valence-electron chi connectivity index (χ0n) is 19.1. The maximum atomic E-state index is 6.16. The molecule has 1 aliphatic carbocycles.